The minimum atomic E-state index is -0.0587. The molecule has 1 rings (SSSR count). The first kappa shape index (κ1) is 9.48. The van der Waals surface area contributed by atoms with Crippen molar-refractivity contribution < 1.29 is 14.4 Å². The molecule has 1 fully saturated rings. The van der Waals surface area contributed by atoms with Gasteiger partial charge in [-0.05, 0) is 19.8 Å². The molecule has 4 heteroatoms. The van der Waals surface area contributed by atoms with E-state index in [-0.39, 0.29) is 11.8 Å². The fraction of sp³-hybridized carbons (Fsp3) is 0.875. The summed E-state index contributed by atoms with van der Waals surface area (Å²) in [6.07, 6.45) is 1.86. The van der Waals surface area contributed by atoms with Gasteiger partial charge in [-0.15, -0.1) is 0 Å². The fourth-order valence-corrected chi connectivity index (χ4v) is 1.17. The highest BCUT2D eigenvalue weighted by Gasteiger charge is 2.21. The fourth-order valence-electron chi connectivity index (χ4n) is 1.17. The van der Waals surface area contributed by atoms with E-state index in [4.69, 9.17) is 9.57 Å². The molecule has 1 aliphatic rings. The average molecular weight is 173 g/mol. The van der Waals surface area contributed by atoms with E-state index in [1.54, 1.807) is 0 Å². The Kier molecular flexibility index (Phi) is 4.04. The third kappa shape index (κ3) is 2.79. The van der Waals surface area contributed by atoms with Crippen LogP contribution in [0.3, 0.4) is 0 Å². The van der Waals surface area contributed by atoms with E-state index in [0.717, 1.165) is 19.4 Å². The minimum absolute atomic E-state index is 0.0229. The Morgan fingerprint density at radius 3 is 3.17 bits per heavy atom. The van der Waals surface area contributed by atoms with Gasteiger partial charge in [-0.25, -0.2) is 5.48 Å². The van der Waals surface area contributed by atoms with Gasteiger partial charge in [0.15, 0.2) is 0 Å². The number of hydrogen-bond donors (Lipinski definition) is 1. The Labute approximate surface area is 72.2 Å². The molecule has 1 aliphatic heterocycles. The second-order valence-corrected chi connectivity index (χ2v) is 2.81. The van der Waals surface area contributed by atoms with Crippen LogP contribution in [0.2, 0.25) is 0 Å². The van der Waals surface area contributed by atoms with E-state index in [9.17, 15) is 4.79 Å². The molecule has 1 amide bonds. The normalized spacial score (nSPS) is 23.6. The summed E-state index contributed by atoms with van der Waals surface area (Å²) in [5.41, 5.74) is 2.38. The smallest absolute Gasteiger partial charge is 0.248 e. The zero-order valence-electron chi connectivity index (χ0n) is 7.34. The molecular formula is C8H15NO3. The number of carbonyl (C=O) groups excluding carboxylic acids is 1. The van der Waals surface area contributed by atoms with Crippen molar-refractivity contribution in [2.45, 2.75) is 19.8 Å². The van der Waals surface area contributed by atoms with Gasteiger partial charge in [0.1, 0.15) is 0 Å². The SMILES string of the molecule is CCONC(=O)C1CCCOC1. The van der Waals surface area contributed by atoms with Crippen LogP contribution in [0.15, 0.2) is 0 Å². The van der Waals surface area contributed by atoms with Gasteiger partial charge in [-0.1, -0.05) is 0 Å². The second-order valence-electron chi connectivity index (χ2n) is 2.81. The lowest BCUT2D eigenvalue weighted by Gasteiger charge is -2.20. The lowest BCUT2D eigenvalue weighted by molar-refractivity contribution is -0.141. The molecule has 0 aromatic carbocycles. The predicted octanol–water partition coefficient (Wildman–Crippen LogP) is 0.481. The Morgan fingerprint density at radius 2 is 2.58 bits per heavy atom. The molecule has 1 heterocycles. The number of amides is 1. The van der Waals surface area contributed by atoms with Crippen LogP contribution < -0.4 is 5.48 Å². The highest BCUT2D eigenvalue weighted by molar-refractivity contribution is 5.77. The number of ether oxygens (including phenoxy) is 1. The van der Waals surface area contributed by atoms with Crippen molar-refractivity contribution in [3.8, 4) is 0 Å². The number of rotatable bonds is 3. The van der Waals surface area contributed by atoms with Crippen molar-refractivity contribution in [2.24, 2.45) is 5.92 Å². The van der Waals surface area contributed by atoms with Crippen molar-refractivity contribution in [3.05, 3.63) is 0 Å². The molecular weight excluding hydrogens is 158 g/mol. The van der Waals surface area contributed by atoms with Crippen molar-refractivity contribution >= 4 is 5.91 Å². The number of hydroxylamine groups is 1. The standard InChI is InChI=1S/C8H15NO3/c1-2-12-9-8(10)7-4-3-5-11-6-7/h7H,2-6H2,1H3,(H,9,10). The highest BCUT2D eigenvalue weighted by atomic mass is 16.6. The van der Waals surface area contributed by atoms with Crippen LogP contribution in [0, 0.1) is 5.92 Å². The second kappa shape index (κ2) is 5.11. The summed E-state index contributed by atoms with van der Waals surface area (Å²) in [6.45, 7) is 3.63. The van der Waals surface area contributed by atoms with Gasteiger partial charge in [-0.2, -0.15) is 0 Å². The van der Waals surface area contributed by atoms with Gasteiger partial charge in [0, 0.05) is 6.61 Å². The van der Waals surface area contributed by atoms with Gasteiger partial charge in [-0.3, -0.25) is 9.63 Å². The maximum atomic E-state index is 11.2. The third-order valence-electron chi connectivity index (χ3n) is 1.85. The van der Waals surface area contributed by atoms with Crippen molar-refractivity contribution in [2.75, 3.05) is 19.8 Å². The molecule has 4 nitrogen and oxygen atoms in total. The maximum absolute atomic E-state index is 11.2. The molecule has 0 bridgehead atoms. The first-order chi connectivity index (χ1) is 5.84. The van der Waals surface area contributed by atoms with Crippen molar-refractivity contribution in [3.63, 3.8) is 0 Å². The summed E-state index contributed by atoms with van der Waals surface area (Å²) in [7, 11) is 0. The number of nitrogens with one attached hydrogen (secondary N) is 1. The molecule has 0 aliphatic carbocycles. The topological polar surface area (TPSA) is 47.6 Å². The van der Waals surface area contributed by atoms with Gasteiger partial charge >= 0.3 is 0 Å². The zero-order chi connectivity index (χ0) is 8.81. The molecule has 1 unspecified atom stereocenters. The van der Waals surface area contributed by atoms with Crippen molar-refractivity contribution in [1.82, 2.24) is 5.48 Å². The number of hydrogen-bond acceptors (Lipinski definition) is 3. The van der Waals surface area contributed by atoms with E-state index < -0.39 is 0 Å². The summed E-state index contributed by atoms with van der Waals surface area (Å²) >= 11 is 0. The first-order valence-corrected chi connectivity index (χ1v) is 4.34. The van der Waals surface area contributed by atoms with Crippen LogP contribution in [-0.4, -0.2) is 25.7 Å². The van der Waals surface area contributed by atoms with Crippen LogP contribution in [0.4, 0.5) is 0 Å². The molecule has 1 atom stereocenters. The van der Waals surface area contributed by atoms with Gasteiger partial charge in [0.05, 0.1) is 19.1 Å². The zero-order valence-corrected chi connectivity index (χ0v) is 7.34. The molecule has 0 spiro atoms. The van der Waals surface area contributed by atoms with E-state index in [0.29, 0.717) is 13.2 Å². The Morgan fingerprint density at radius 1 is 1.75 bits per heavy atom. The Bertz CT molecular complexity index is 143. The molecule has 0 aromatic heterocycles. The van der Waals surface area contributed by atoms with Crippen LogP contribution in [-0.2, 0) is 14.4 Å². The Balaban J connectivity index is 2.20. The van der Waals surface area contributed by atoms with E-state index in [2.05, 4.69) is 5.48 Å². The van der Waals surface area contributed by atoms with E-state index in [1.165, 1.54) is 0 Å². The summed E-state index contributed by atoms with van der Waals surface area (Å²) in [6, 6.07) is 0. The highest BCUT2D eigenvalue weighted by Crippen LogP contribution is 2.12. The van der Waals surface area contributed by atoms with Gasteiger partial charge < -0.3 is 4.74 Å². The lowest BCUT2D eigenvalue weighted by Crippen LogP contribution is -2.35. The lowest BCUT2D eigenvalue weighted by atomic mass is 10.0. The van der Waals surface area contributed by atoms with Gasteiger partial charge in [0.2, 0.25) is 5.91 Å². The number of carbonyl (C=O) groups is 1. The van der Waals surface area contributed by atoms with E-state index in [1.807, 2.05) is 6.92 Å². The molecule has 1 saturated heterocycles. The molecule has 12 heavy (non-hydrogen) atoms. The first-order valence-electron chi connectivity index (χ1n) is 4.34. The predicted molar refractivity (Wildman–Crippen MR) is 43.3 cm³/mol. The monoisotopic (exact) mass is 173 g/mol. The third-order valence-corrected chi connectivity index (χ3v) is 1.85. The molecule has 70 valence electrons. The maximum Gasteiger partial charge on any atom is 0.248 e. The largest absolute Gasteiger partial charge is 0.381 e. The van der Waals surface area contributed by atoms with Crippen LogP contribution in [0.25, 0.3) is 0 Å². The van der Waals surface area contributed by atoms with Gasteiger partial charge in [0.25, 0.3) is 0 Å². The van der Waals surface area contributed by atoms with Crippen molar-refractivity contribution in [1.29, 1.82) is 0 Å². The Hall–Kier alpha value is -0.610. The molecule has 0 radical (unpaired) electrons. The van der Waals surface area contributed by atoms with Crippen LogP contribution in [0.1, 0.15) is 19.8 Å². The summed E-state index contributed by atoms with van der Waals surface area (Å²) in [5.74, 6) is -0.0816. The molecule has 1 N–H and O–H groups in total. The van der Waals surface area contributed by atoms with Crippen LogP contribution >= 0.6 is 0 Å². The minimum Gasteiger partial charge on any atom is -0.381 e. The summed E-state index contributed by atoms with van der Waals surface area (Å²) in [4.78, 5) is 16.0. The summed E-state index contributed by atoms with van der Waals surface area (Å²) < 4.78 is 5.17. The molecule has 0 saturated carbocycles. The quantitative estimate of drug-likeness (QED) is 0.631. The van der Waals surface area contributed by atoms with E-state index >= 15 is 0 Å². The summed E-state index contributed by atoms with van der Waals surface area (Å²) in [5, 5.41) is 0. The van der Waals surface area contributed by atoms with Crippen LogP contribution in [0.5, 0.6) is 0 Å². The molecule has 0 aromatic rings. The average Bonchev–Trinajstić information content (AvgIpc) is 2.15.